The second-order valence-electron chi connectivity index (χ2n) is 10.8. The van der Waals surface area contributed by atoms with Crippen molar-refractivity contribution in [2.45, 2.75) is 62.5 Å². The summed E-state index contributed by atoms with van der Waals surface area (Å²) in [4.78, 5) is 45.5. The van der Waals surface area contributed by atoms with Gasteiger partial charge >= 0.3 is 5.97 Å². The van der Waals surface area contributed by atoms with Crippen LogP contribution in [0.2, 0.25) is 0 Å². The van der Waals surface area contributed by atoms with Crippen molar-refractivity contribution >= 4 is 35.2 Å². The predicted octanol–water partition coefficient (Wildman–Crippen LogP) is 4.05. The lowest BCUT2D eigenvalue weighted by atomic mass is 9.66. The number of aryl methyl sites for hydroxylation is 2. The number of hydrogen-bond acceptors (Lipinski definition) is 6. The van der Waals surface area contributed by atoms with Crippen molar-refractivity contribution in [3.8, 4) is 0 Å². The van der Waals surface area contributed by atoms with Crippen molar-refractivity contribution in [2.24, 2.45) is 17.8 Å². The van der Waals surface area contributed by atoms with Crippen molar-refractivity contribution in [3.63, 3.8) is 0 Å². The molecule has 0 radical (unpaired) electrons. The van der Waals surface area contributed by atoms with Gasteiger partial charge in [0.1, 0.15) is 12.6 Å². The summed E-state index contributed by atoms with van der Waals surface area (Å²) in [5.74, 6) is -1.73. The number of aliphatic hydroxyl groups excluding tert-OH is 1. The third-order valence-corrected chi connectivity index (χ3v) is 10.5. The molecule has 0 aromatic heterocycles. The summed E-state index contributed by atoms with van der Waals surface area (Å²) in [6.45, 7) is 14.6. The van der Waals surface area contributed by atoms with Gasteiger partial charge < -0.3 is 19.6 Å². The van der Waals surface area contributed by atoms with Gasteiger partial charge in [0.2, 0.25) is 5.91 Å². The van der Waals surface area contributed by atoms with Crippen LogP contribution in [0.4, 0.5) is 5.69 Å². The molecule has 3 fully saturated rings. The Hall–Kier alpha value is -2.58. The fourth-order valence-corrected chi connectivity index (χ4v) is 9.11. The zero-order valence-electron chi connectivity index (χ0n) is 22.7. The highest BCUT2D eigenvalue weighted by Crippen LogP contribution is 2.68. The highest BCUT2D eigenvalue weighted by Gasteiger charge is 2.76. The number of thioether (sulfide) groups is 1. The fourth-order valence-electron chi connectivity index (χ4n) is 6.71. The molecule has 3 saturated heterocycles. The molecule has 38 heavy (non-hydrogen) atoms. The average Bonchev–Trinajstić information content (AvgIpc) is 3.48. The lowest BCUT2D eigenvalue weighted by Crippen LogP contribution is -2.57. The number of carbonyl (C=O) groups is 3. The van der Waals surface area contributed by atoms with Crippen molar-refractivity contribution in [1.29, 1.82) is 0 Å². The summed E-state index contributed by atoms with van der Waals surface area (Å²) in [5, 5.41) is 9.20. The molecule has 3 unspecified atom stereocenters. The second-order valence-corrected chi connectivity index (χ2v) is 12.4. The van der Waals surface area contributed by atoms with E-state index in [4.69, 9.17) is 4.74 Å². The first-order valence-corrected chi connectivity index (χ1v) is 14.5. The maximum Gasteiger partial charge on any atom is 0.311 e. The zero-order valence-corrected chi connectivity index (χ0v) is 23.5. The lowest BCUT2D eigenvalue weighted by molar-refractivity contribution is -0.153. The van der Waals surface area contributed by atoms with E-state index in [9.17, 15) is 19.5 Å². The number of anilines is 1. The minimum Gasteiger partial charge on any atom is -0.461 e. The molecule has 3 aliphatic rings. The van der Waals surface area contributed by atoms with E-state index >= 15 is 0 Å². The standard InChI is InChI=1S/C30H40N2O5S/c1-6-13-31(22-17-19(3)11-12-20(22)4)28(35)26-30-21(5)18-23(38-30)24(29(36)37-16-7-2)25(30)27(34)32(26)14-9-8-10-15-33/h6-7,11-12,17,21,23-26,33H,1-2,8-10,13-16,18H2,3-5H3/t21?,23-,24+,25+,26?,30?/m1/s1. The van der Waals surface area contributed by atoms with E-state index < -0.39 is 22.6 Å². The lowest BCUT2D eigenvalue weighted by Gasteiger charge is -2.40. The SMILES string of the molecule is C=CCOC(=O)[C@@H]1[C@H]2C(=O)N(CCCCCO)C(C(=O)N(CC=C)c3cc(C)ccc3C)C23S[C@@H]1CC3C. The van der Waals surface area contributed by atoms with Crippen molar-refractivity contribution in [3.05, 3.63) is 54.6 Å². The molecule has 0 aliphatic carbocycles. The third-order valence-electron chi connectivity index (χ3n) is 8.39. The van der Waals surface area contributed by atoms with Crippen molar-refractivity contribution in [1.82, 2.24) is 4.90 Å². The molecular weight excluding hydrogens is 500 g/mol. The highest BCUT2D eigenvalue weighted by atomic mass is 32.2. The van der Waals surface area contributed by atoms with Crippen molar-refractivity contribution < 1.29 is 24.2 Å². The number of benzene rings is 1. The number of rotatable bonds is 12. The fraction of sp³-hybridized carbons (Fsp3) is 0.567. The Balaban J connectivity index is 1.78. The van der Waals surface area contributed by atoms with Crippen LogP contribution in [0.25, 0.3) is 0 Å². The molecule has 4 rings (SSSR count). The van der Waals surface area contributed by atoms with Crippen LogP contribution in [0.15, 0.2) is 43.5 Å². The number of unbranched alkanes of at least 4 members (excludes halogenated alkanes) is 2. The number of amides is 2. The topological polar surface area (TPSA) is 87.1 Å². The molecule has 2 bridgehead atoms. The van der Waals surface area contributed by atoms with Gasteiger partial charge in [0.05, 0.1) is 16.6 Å². The second kappa shape index (κ2) is 11.7. The van der Waals surface area contributed by atoms with E-state index in [1.54, 1.807) is 27.6 Å². The largest absolute Gasteiger partial charge is 0.461 e. The average molecular weight is 541 g/mol. The zero-order chi connectivity index (χ0) is 27.6. The number of hydrogen-bond donors (Lipinski definition) is 1. The summed E-state index contributed by atoms with van der Waals surface area (Å²) in [5.41, 5.74) is 2.83. The third kappa shape index (κ3) is 4.70. The molecule has 0 saturated carbocycles. The van der Waals surface area contributed by atoms with Crippen molar-refractivity contribution in [2.75, 3.05) is 31.2 Å². The quantitative estimate of drug-likeness (QED) is 0.245. The van der Waals surface area contributed by atoms with Gasteiger partial charge in [-0.15, -0.1) is 18.3 Å². The van der Waals surface area contributed by atoms with Gasteiger partial charge in [0, 0.05) is 30.6 Å². The van der Waals surface area contributed by atoms with Gasteiger partial charge in [0.25, 0.3) is 5.91 Å². The first-order valence-electron chi connectivity index (χ1n) is 13.6. The maximum atomic E-state index is 14.7. The van der Waals surface area contributed by atoms with E-state index in [0.29, 0.717) is 25.9 Å². The molecule has 6 atom stereocenters. The molecule has 3 aliphatic heterocycles. The molecule has 1 aromatic carbocycles. The summed E-state index contributed by atoms with van der Waals surface area (Å²) < 4.78 is 4.76. The molecule has 8 heteroatoms. The van der Waals surface area contributed by atoms with E-state index in [1.165, 1.54) is 6.08 Å². The highest BCUT2D eigenvalue weighted by molar-refractivity contribution is 8.02. The van der Waals surface area contributed by atoms with Crippen LogP contribution in [-0.4, -0.2) is 70.1 Å². The Morgan fingerprint density at radius 3 is 2.68 bits per heavy atom. The summed E-state index contributed by atoms with van der Waals surface area (Å²) >= 11 is 1.65. The van der Waals surface area contributed by atoms with Crippen LogP contribution < -0.4 is 4.90 Å². The Morgan fingerprint density at radius 1 is 1.24 bits per heavy atom. The van der Waals surface area contributed by atoms with E-state index in [2.05, 4.69) is 20.1 Å². The molecule has 3 heterocycles. The number of ether oxygens (including phenoxy) is 1. The van der Waals surface area contributed by atoms with E-state index in [0.717, 1.165) is 29.7 Å². The summed E-state index contributed by atoms with van der Waals surface area (Å²) in [6, 6.07) is 5.33. The number of likely N-dealkylation sites (tertiary alicyclic amines) is 1. The van der Waals surface area contributed by atoms with Gasteiger partial charge in [0.15, 0.2) is 0 Å². The number of esters is 1. The molecular formula is C30H40N2O5S. The first-order chi connectivity index (χ1) is 18.2. The Bertz CT molecular complexity index is 1110. The van der Waals surface area contributed by atoms with Gasteiger partial charge in [-0.05, 0) is 62.6 Å². The summed E-state index contributed by atoms with van der Waals surface area (Å²) in [7, 11) is 0. The normalized spacial score (nSPS) is 29.3. The molecule has 7 nitrogen and oxygen atoms in total. The number of aliphatic hydroxyl groups is 1. The Kier molecular flexibility index (Phi) is 8.72. The van der Waals surface area contributed by atoms with Gasteiger partial charge in [-0.25, -0.2) is 0 Å². The maximum absolute atomic E-state index is 14.7. The van der Waals surface area contributed by atoms with Crippen LogP contribution in [0.1, 0.15) is 43.7 Å². The number of carbonyl (C=O) groups excluding carboxylic acids is 3. The van der Waals surface area contributed by atoms with Gasteiger partial charge in [-0.1, -0.05) is 37.8 Å². The molecule has 1 aromatic rings. The Morgan fingerprint density at radius 2 is 2.00 bits per heavy atom. The number of fused-ring (bicyclic) bond motifs is 1. The van der Waals surface area contributed by atoms with E-state index in [-0.39, 0.29) is 42.2 Å². The molecule has 1 N–H and O–H groups in total. The molecule has 2 amide bonds. The first kappa shape index (κ1) is 28.4. The van der Waals surface area contributed by atoms with Crippen LogP contribution in [0, 0.1) is 31.6 Å². The van der Waals surface area contributed by atoms with Crippen LogP contribution in [-0.2, 0) is 19.1 Å². The predicted molar refractivity (Wildman–Crippen MR) is 151 cm³/mol. The van der Waals surface area contributed by atoms with Crippen LogP contribution in [0.5, 0.6) is 0 Å². The Labute approximate surface area is 230 Å². The minimum atomic E-state index is -0.704. The molecule has 1 spiro atoms. The van der Waals surface area contributed by atoms with Gasteiger partial charge in [-0.3, -0.25) is 14.4 Å². The van der Waals surface area contributed by atoms with Crippen LogP contribution in [0.3, 0.4) is 0 Å². The summed E-state index contributed by atoms with van der Waals surface area (Å²) in [6.07, 6.45) is 6.08. The minimum absolute atomic E-state index is 0.0586. The van der Waals surface area contributed by atoms with Gasteiger partial charge in [-0.2, -0.15) is 0 Å². The van der Waals surface area contributed by atoms with E-state index in [1.807, 2.05) is 32.0 Å². The smallest absolute Gasteiger partial charge is 0.311 e. The van der Waals surface area contributed by atoms with Crippen LogP contribution >= 0.6 is 11.8 Å². The number of nitrogens with zero attached hydrogens (tertiary/aromatic N) is 2. The monoisotopic (exact) mass is 540 g/mol. The molecule has 206 valence electrons.